The number of anilines is 1. The predicted octanol–water partition coefficient (Wildman–Crippen LogP) is 3.00. The molecule has 2 fully saturated rings. The van der Waals surface area contributed by atoms with E-state index in [1.54, 1.807) is 0 Å². The summed E-state index contributed by atoms with van der Waals surface area (Å²) < 4.78 is 71.7. The van der Waals surface area contributed by atoms with Crippen LogP contribution in [0.5, 0.6) is 5.75 Å². The van der Waals surface area contributed by atoms with E-state index in [0.717, 1.165) is 23.1 Å². The number of alkyl halides is 4. The van der Waals surface area contributed by atoms with Gasteiger partial charge in [0.2, 0.25) is 0 Å². The summed E-state index contributed by atoms with van der Waals surface area (Å²) in [6, 6.07) is 0.449. The Morgan fingerprint density at radius 3 is 2.76 bits per heavy atom. The van der Waals surface area contributed by atoms with E-state index >= 15 is 0 Å². The zero-order chi connectivity index (χ0) is 27.2. The fourth-order valence-electron chi connectivity index (χ4n) is 5.05. The van der Waals surface area contributed by atoms with Crippen LogP contribution in [0.3, 0.4) is 0 Å². The maximum Gasteiger partial charge on any atom is 0.573 e. The zero-order valence-corrected chi connectivity index (χ0v) is 19.6. The van der Waals surface area contributed by atoms with Crippen LogP contribution in [0.15, 0.2) is 24.5 Å². The summed E-state index contributed by atoms with van der Waals surface area (Å²) in [6.07, 6.45) is -6.40. The molecule has 38 heavy (non-hydrogen) atoms. The van der Waals surface area contributed by atoms with Gasteiger partial charge in [0.15, 0.2) is 5.65 Å². The van der Waals surface area contributed by atoms with Crippen LogP contribution >= 0.6 is 0 Å². The summed E-state index contributed by atoms with van der Waals surface area (Å²) in [7, 11) is 0. The van der Waals surface area contributed by atoms with Gasteiger partial charge in [0.25, 0.3) is 5.91 Å². The fourth-order valence-corrected chi connectivity index (χ4v) is 5.05. The second-order valence-corrected chi connectivity index (χ2v) is 9.30. The molecule has 0 radical (unpaired) electrons. The molecule has 5 atom stereocenters. The van der Waals surface area contributed by atoms with E-state index in [0.29, 0.717) is 19.3 Å². The van der Waals surface area contributed by atoms with Gasteiger partial charge in [-0.2, -0.15) is 5.10 Å². The third kappa shape index (κ3) is 5.07. The van der Waals surface area contributed by atoms with E-state index < -0.39 is 60.8 Å². The highest BCUT2D eigenvalue weighted by Gasteiger charge is 2.42. The van der Waals surface area contributed by atoms with Crippen LogP contribution in [0.25, 0.3) is 11.0 Å². The molecular formula is C23H23F5N6O4. The smallest absolute Gasteiger partial charge is 0.405 e. The number of halogens is 5. The van der Waals surface area contributed by atoms with Crippen LogP contribution in [0.4, 0.5) is 27.8 Å². The number of likely N-dealkylation sites (tertiary alicyclic amines) is 1. The number of benzene rings is 1. The lowest BCUT2D eigenvalue weighted by molar-refractivity contribution is -0.275. The number of aliphatic hydroxyl groups is 2. The van der Waals surface area contributed by atoms with Crippen molar-refractivity contribution in [1.82, 2.24) is 25.1 Å². The number of rotatable bonds is 5. The van der Waals surface area contributed by atoms with Crippen molar-refractivity contribution in [2.45, 2.75) is 62.5 Å². The largest absolute Gasteiger partial charge is 0.573 e. The third-order valence-corrected chi connectivity index (χ3v) is 6.78. The average Bonchev–Trinajstić information content (AvgIpc) is 3.46. The van der Waals surface area contributed by atoms with Crippen molar-refractivity contribution in [2.24, 2.45) is 0 Å². The number of carbonyl (C=O) groups excluding carboxylic acids is 1. The molecule has 1 saturated heterocycles. The number of fused-ring (bicyclic) bond motifs is 1. The van der Waals surface area contributed by atoms with Gasteiger partial charge >= 0.3 is 6.36 Å². The van der Waals surface area contributed by atoms with Crippen molar-refractivity contribution in [3.63, 3.8) is 0 Å². The molecule has 3 heterocycles. The molecule has 1 aliphatic carbocycles. The van der Waals surface area contributed by atoms with E-state index in [1.165, 1.54) is 6.33 Å². The van der Waals surface area contributed by atoms with Gasteiger partial charge in [-0.3, -0.25) is 9.89 Å². The first kappa shape index (κ1) is 26.0. The zero-order valence-electron chi connectivity index (χ0n) is 19.6. The number of ether oxygens (including phenoxy) is 1. The van der Waals surface area contributed by atoms with Crippen LogP contribution in [0, 0.1) is 5.82 Å². The molecule has 2 aromatic heterocycles. The summed E-state index contributed by atoms with van der Waals surface area (Å²) in [5, 5.41) is 30.0. The average molecular weight is 542 g/mol. The minimum atomic E-state index is -5.09. The van der Waals surface area contributed by atoms with Crippen molar-refractivity contribution < 1.29 is 41.7 Å². The van der Waals surface area contributed by atoms with Gasteiger partial charge in [0.05, 0.1) is 36.2 Å². The predicted molar refractivity (Wildman–Crippen MR) is 121 cm³/mol. The summed E-state index contributed by atoms with van der Waals surface area (Å²) in [6.45, 7) is -0.476. The first-order valence-corrected chi connectivity index (χ1v) is 11.8. The van der Waals surface area contributed by atoms with Gasteiger partial charge in [-0.15, -0.1) is 13.2 Å². The molecule has 1 saturated carbocycles. The summed E-state index contributed by atoms with van der Waals surface area (Å²) in [5.74, 6) is -2.35. The van der Waals surface area contributed by atoms with Gasteiger partial charge in [0, 0.05) is 12.0 Å². The second-order valence-electron chi connectivity index (χ2n) is 9.30. The standard InChI is InChI=1S/C23H23F5N6O4/c24-10-4-5-16(38-23(26,27)28)12(6-10)14-7-11(25)8-34(14)22(37)18-17-20(29-9-30-21(17)33-32-18)31-13-2-1-3-15(35)19(13)36/h4-6,9,11,13-15,19,35-36H,1-3,7-8H2,(H2,29,30,31,32,33)/t11-,13+,14+,15+,19-/m0/s1. The number of aromatic nitrogens is 4. The van der Waals surface area contributed by atoms with Gasteiger partial charge in [0.1, 0.15) is 35.6 Å². The van der Waals surface area contributed by atoms with Gasteiger partial charge in [-0.25, -0.2) is 18.7 Å². The fraction of sp³-hybridized carbons (Fsp3) is 0.478. The van der Waals surface area contributed by atoms with Gasteiger partial charge in [-0.1, -0.05) is 0 Å². The van der Waals surface area contributed by atoms with Crippen molar-refractivity contribution in [3.05, 3.63) is 41.6 Å². The van der Waals surface area contributed by atoms with Crippen molar-refractivity contribution in [2.75, 3.05) is 11.9 Å². The lowest BCUT2D eigenvalue weighted by atomic mass is 9.90. The number of aromatic amines is 1. The Balaban J connectivity index is 1.50. The lowest BCUT2D eigenvalue weighted by Gasteiger charge is -2.32. The molecular weight excluding hydrogens is 519 g/mol. The molecule has 15 heteroatoms. The first-order valence-electron chi connectivity index (χ1n) is 11.8. The number of H-pyrrole nitrogens is 1. The normalized spacial score (nSPS) is 26.1. The van der Waals surface area contributed by atoms with E-state index in [1.807, 2.05) is 0 Å². The van der Waals surface area contributed by atoms with Gasteiger partial charge in [-0.05, 0) is 37.5 Å². The molecule has 0 bridgehead atoms. The molecule has 1 aliphatic heterocycles. The summed E-state index contributed by atoms with van der Waals surface area (Å²) >= 11 is 0. The van der Waals surface area contributed by atoms with Gasteiger partial charge < -0.3 is 25.2 Å². The highest BCUT2D eigenvalue weighted by Crippen LogP contribution is 2.41. The van der Waals surface area contributed by atoms with Crippen LogP contribution in [0.1, 0.15) is 47.8 Å². The quantitative estimate of drug-likeness (QED) is 0.362. The monoisotopic (exact) mass is 542 g/mol. The maximum atomic E-state index is 14.6. The van der Waals surface area contributed by atoms with E-state index in [2.05, 4.69) is 30.2 Å². The molecule has 0 unspecified atom stereocenters. The Kier molecular flexibility index (Phi) is 6.81. The Hall–Kier alpha value is -3.59. The maximum absolute atomic E-state index is 14.6. The van der Waals surface area contributed by atoms with Crippen LogP contribution in [-0.4, -0.2) is 78.5 Å². The number of aliphatic hydroxyl groups excluding tert-OH is 2. The van der Waals surface area contributed by atoms with Crippen molar-refractivity contribution in [1.29, 1.82) is 0 Å². The highest BCUT2D eigenvalue weighted by atomic mass is 19.4. The minimum Gasteiger partial charge on any atom is -0.405 e. The Labute approximate surface area is 211 Å². The van der Waals surface area contributed by atoms with E-state index in [-0.39, 0.29) is 34.5 Å². The summed E-state index contributed by atoms with van der Waals surface area (Å²) in [4.78, 5) is 22.8. The number of nitrogens with zero attached hydrogens (tertiary/aromatic N) is 4. The number of hydrogen-bond donors (Lipinski definition) is 4. The van der Waals surface area contributed by atoms with Crippen molar-refractivity contribution in [3.8, 4) is 5.75 Å². The Morgan fingerprint density at radius 2 is 2.00 bits per heavy atom. The molecule has 1 amide bonds. The number of hydrogen-bond acceptors (Lipinski definition) is 8. The second kappa shape index (κ2) is 9.94. The van der Waals surface area contributed by atoms with Crippen molar-refractivity contribution >= 4 is 22.8 Å². The molecule has 1 aromatic carbocycles. The molecule has 5 rings (SSSR count). The molecule has 10 nitrogen and oxygen atoms in total. The van der Waals surface area contributed by atoms with E-state index in [4.69, 9.17) is 0 Å². The minimum absolute atomic E-state index is 0.0658. The molecule has 4 N–H and O–H groups in total. The van der Waals surface area contributed by atoms with Crippen LogP contribution in [-0.2, 0) is 0 Å². The molecule has 0 spiro atoms. The lowest BCUT2D eigenvalue weighted by Crippen LogP contribution is -2.45. The number of carbonyl (C=O) groups is 1. The number of amides is 1. The highest BCUT2D eigenvalue weighted by molar-refractivity contribution is 6.08. The molecule has 2 aliphatic rings. The summed E-state index contributed by atoms with van der Waals surface area (Å²) in [5.41, 5.74) is -0.451. The SMILES string of the molecule is O=C(c1[nH]nc2ncnc(N[C@@H]3CCC[C@@H](O)[C@H]3O)c12)N1C[C@@H](F)C[C@@H]1c1cc(F)ccc1OC(F)(F)F. The van der Waals surface area contributed by atoms with Crippen LogP contribution < -0.4 is 10.1 Å². The third-order valence-electron chi connectivity index (χ3n) is 6.78. The first-order chi connectivity index (χ1) is 18.0. The molecule has 204 valence electrons. The number of nitrogens with one attached hydrogen (secondary N) is 2. The topological polar surface area (TPSA) is 136 Å². The molecule has 3 aromatic rings. The Bertz CT molecular complexity index is 1340. The Morgan fingerprint density at radius 1 is 1.21 bits per heavy atom. The van der Waals surface area contributed by atoms with E-state index in [9.17, 15) is 37.0 Å². The van der Waals surface area contributed by atoms with Crippen LogP contribution in [0.2, 0.25) is 0 Å².